The molecular formula is C30H41F3N4O3. The zero-order valence-electron chi connectivity index (χ0n) is 23.8. The van der Waals surface area contributed by atoms with E-state index in [4.69, 9.17) is 9.47 Å². The van der Waals surface area contributed by atoms with Crippen LogP contribution in [0.3, 0.4) is 0 Å². The smallest absolute Gasteiger partial charge is 0.416 e. The molecule has 2 heterocycles. The Hall–Kier alpha value is -2.98. The zero-order valence-corrected chi connectivity index (χ0v) is 23.8. The number of nitrogens with one attached hydrogen (secondary N) is 1. The molecule has 0 aliphatic carbocycles. The second kappa shape index (κ2) is 13.1. The van der Waals surface area contributed by atoms with Crippen LogP contribution in [0, 0.1) is 5.92 Å². The number of carbonyl (C=O) groups excluding carboxylic acids is 1. The largest absolute Gasteiger partial charge is 0.493 e. The highest BCUT2D eigenvalue weighted by Gasteiger charge is 2.36. The molecule has 2 aliphatic rings. The first-order valence-electron chi connectivity index (χ1n) is 14.0. The van der Waals surface area contributed by atoms with Crippen LogP contribution in [-0.2, 0) is 11.0 Å². The van der Waals surface area contributed by atoms with Gasteiger partial charge in [0.2, 0.25) is 5.91 Å². The van der Waals surface area contributed by atoms with E-state index in [0.29, 0.717) is 60.4 Å². The van der Waals surface area contributed by atoms with Gasteiger partial charge in [0.1, 0.15) is 0 Å². The minimum Gasteiger partial charge on any atom is -0.493 e. The van der Waals surface area contributed by atoms with Crippen LogP contribution in [0.25, 0.3) is 0 Å². The van der Waals surface area contributed by atoms with E-state index in [2.05, 4.69) is 29.0 Å². The first kappa shape index (κ1) is 30.0. The Morgan fingerprint density at radius 1 is 1.00 bits per heavy atom. The molecule has 2 aromatic carbocycles. The lowest BCUT2D eigenvalue weighted by Gasteiger charge is -2.48. The van der Waals surface area contributed by atoms with Crippen molar-refractivity contribution in [2.24, 2.45) is 5.92 Å². The maximum absolute atomic E-state index is 13.2. The summed E-state index contributed by atoms with van der Waals surface area (Å²) in [6.07, 6.45) is -2.16. The average Bonchev–Trinajstić information content (AvgIpc) is 2.95. The van der Waals surface area contributed by atoms with Crippen LogP contribution < -0.4 is 19.7 Å². The van der Waals surface area contributed by atoms with E-state index in [1.54, 1.807) is 38.5 Å². The second-order valence-electron chi connectivity index (χ2n) is 10.9. The molecule has 0 radical (unpaired) electrons. The molecule has 10 heteroatoms. The van der Waals surface area contributed by atoms with E-state index in [9.17, 15) is 18.0 Å². The Labute approximate surface area is 235 Å². The van der Waals surface area contributed by atoms with Crippen LogP contribution in [0.1, 0.15) is 38.7 Å². The minimum atomic E-state index is -4.35. The van der Waals surface area contributed by atoms with Crippen molar-refractivity contribution in [2.75, 3.05) is 63.7 Å². The number of nitrogens with zero attached hydrogens (tertiary/aromatic N) is 3. The number of alkyl halides is 3. The number of anilines is 2. The summed E-state index contributed by atoms with van der Waals surface area (Å²) in [5, 5.41) is 2.99. The molecule has 0 aromatic heterocycles. The summed E-state index contributed by atoms with van der Waals surface area (Å²) >= 11 is 0. The van der Waals surface area contributed by atoms with E-state index in [1.807, 2.05) is 4.90 Å². The fourth-order valence-corrected chi connectivity index (χ4v) is 5.93. The van der Waals surface area contributed by atoms with Gasteiger partial charge in [0.25, 0.3) is 0 Å². The Balaban J connectivity index is 1.37. The van der Waals surface area contributed by atoms with Crippen molar-refractivity contribution in [3.8, 4) is 11.5 Å². The van der Waals surface area contributed by atoms with Crippen molar-refractivity contribution in [1.29, 1.82) is 0 Å². The third kappa shape index (κ3) is 7.40. The minimum absolute atomic E-state index is 0.0398. The molecule has 7 nitrogen and oxygen atoms in total. The third-order valence-electron chi connectivity index (χ3n) is 8.19. The molecule has 2 aromatic rings. The van der Waals surface area contributed by atoms with E-state index < -0.39 is 11.7 Å². The van der Waals surface area contributed by atoms with Crippen LogP contribution in [0.2, 0.25) is 0 Å². The van der Waals surface area contributed by atoms with Crippen LogP contribution >= 0.6 is 0 Å². The molecule has 0 bridgehead atoms. The van der Waals surface area contributed by atoms with E-state index in [1.165, 1.54) is 12.1 Å². The predicted octanol–water partition coefficient (Wildman–Crippen LogP) is 5.36. The third-order valence-corrected chi connectivity index (χ3v) is 8.19. The molecule has 2 aliphatic heterocycles. The summed E-state index contributed by atoms with van der Waals surface area (Å²) in [5.41, 5.74) is 0.671. The molecule has 2 fully saturated rings. The van der Waals surface area contributed by atoms with Crippen LogP contribution in [0.15, 0.2) is 42.5 Å². The lowest BCUT2D eigenvalue weighted by molar-refractivity contribution is -0.137. The molecule has 4 rings (SSSR count). The molecule has 0 unspecified atom stereocenters. The second-order valence-corrected chi connectivity index (χ2v) is 10.9. The average molecular weight is 563 g/mol. The topological polar surface area (TPSA) is 57.3 Å². The van der Waals surface area contributed by atoms with Gasteiger partial charge < -0.3 is 24.6 Å². The van der Waals surface area contributed by atoms with Crippen LogP contribution in [-0.4, -0.2) is 81.3 Å². The summed E-state index contributed by atoms with van der Waals surface area (Å²) in [6.45, 7) is 9.28. The van der Waals surface area contributed by atoms with Crippen LogP contribution in [0.5, 0.6) is 11.5 Å². The Morgan fingerprint density at radius 3 is 2.38 bits per heavy atom. The fraction of sp³-hybridized carbons (Fsp3) is 0.567. The van der Waals surface area contributed by atoms with E-state index in [0.717, 1.165) is 45.1 Å². The number of ether oxygens (including phenoxy) is 2. The van der Waals surface area contributed by atoms with Crippen molar-refractivity contribution in [2.45, 2.75) is 51.4 Å². The number of amides is 1. The van der Waals surface area contributed by atoms with Crippen molar-refractivity contribution in [3.63, 3.8) is 0 Å². The van der Waals surface area contributed by atoms with E-state index in [-0.39, 0.29) is 5.91 Å². The molecule has 0 spiro atoms. The lowest BCUT2D eigenvalue weighted by atomic mass is 9.86. The molecule has 1 N–H and O–H groups in total. The highest BCUT2D eigenvalue weighted by atomic mass is 19.4. The van der Waals surface area contributed by atoms with E-state index >= 15 is 0 Å². The van der Waals surface area contributed by atoms with Crippen LogP contribution in [0.4, 0.5) is 24.5 Å². The first-order chi connectivity index (χ1) is 19.1. The Kier molecular flexibility index (Phi) is 9.84. The van der Waals surface area contributed by atoms with Gasteiger partial charge in [0.05, 0.1) is 19.8 Å². The zero-order chi connectivity index (χ0) is 28.9. The number of rotatable bonds is 9. The van der Waals surface area contributed by atoms with Gasteiger partial charge in [0.15, 0.2) is 11.5 Å². The maximum atomic E-state index is 13.2. The quantitative estimate of drug-likeness (QED) is 0.444. The fourth-order valence-electron chi connectivity index (χ4n) is 5.93. The number of hydrogen-bond donors (Lipinski definition) is 1. The molecule has 2 saturated heterocycles. The van der Waals surface area contributed by atoms with Gasteiger partial charge in [-0.2, -0.15) is 13.2 Å². The van der Waals surface area contributed by atoms with Crippen molar-refractivity contribution < 1.29 is 27.4 Å². The number of carbonyl (C=O) groups is 1. The molecular weight excluding hydrogens is 521 g/mol. The number of methoxy groups -OCH3 is 2. The number of likely N-dealkylation sites (tertiary alicyclic amines) is 1. The molecule has 0 saturated carbocycles. The number of hydrogen-bond acceptors (Lipinski definition) is 6. The molecule has 40 heavy (non-hydrogen) atoms. The maximum Gasteiger partial charge on any atom is 0.416 e. The summed E-state index contributed by atoms with van der Waals surface area (Å²) in [6, 6.07) is 11.7. The summed E-state index contributed by atoms with van der Waals surface area (Å²) < 4.78 is 50.3. The van der Waals surface area contributed by atoms with Gasteiger partial charge in [-0.3, -0.25) is 9.69 Å². The van der Waals surface area contributed by atoms with Gasteiger partial charge in [-0.25, -0.2) is 0 Å². The monoisotopic (exact) mass is 562 g/mol. The highest BCUT2D eigenvalue weighted by Crippen LogP contribution is 2.34. The van der Waals surface area contributed by atoms with Crippen molar-refractivity contribution in [1.82, 2.24) is 9.80 Å². The summed E-state index contributed by atoms with van der Waals surface area (Å²) in [5.74, 6) is 1.45. The number of piperidine rings is 1. The predicted molar refractivity (Wildman–Crippen MR) is 151 cm³/mol. The normalized spacial score (nSPS) is 20.9. The highest BCUT2D eigenvalue weighted by molar-refractivity contribution is 5.91. The SMILES string of the molecule is COc1ccc(NC(=O)CC[C@H]2CN(C(C)C)CC[C@H]2N2CCN(c3cccc(C(F)(F)F)c3)CC2)cc1OC. The molecule has 1 amide bonds. The first-order valence-corrected chi connectivity index (χ1v) is 14.0. The molecule has 220 valence electrons. The Morgan fingerprint density at radius 2 is 1.73 bits per heavy atom. The Bertz CT molecular complexity index is 1140. The van der Waals surface area contributed by atoms with Gasteiger partial charge in [-0.15, -0.1) is 0 Å². The summed E-state index contributed by atoms with van der Waals surface area (Å²) in [7, 11) is 3.13. The van der Waals surface area contributed by atoms with Gasteiger partial charge in [0, 0.05) is 68.7 Å². The molecule has 2 atom stereocenters. The number of halogens is 3. The standard InChI is InChI=1S/C30H41F3N4O3/c1-21(2)37-13-12-26(36-16-14-35(15-17-36)25-7-5-6-23(18-25)30(31,32)33)22(20-37)8-11-29(38)34-24-9-10-27(39-3)28(19-24)40-4/h5-7,9-10,18-19,21-22,26H,8,11-17,20H2,1-4H3,(H,34,38)/t22-,26+/m0/s1. The van der Waals surface area contributed by atoms with Gasteiger partial charge in [-0.05, 0) is 69.5 Å². The van der Waals surface area contributed by atoms with Gasteiger partial charge >= 0.3 is 6.18 Å². The van der Waals surface area contributed by atoms with Crippen molar-refractivity contribution in [3.05, 3.63) is 48.0 Å². The number of piperazine rings is 1. The van der Waals surface area contributed by atoms with Gasteiger partial charge in [-0.1, -0.05) is 6.07 Å². The summed E-state index contributed by atoms with van der Waals surface area (Å²) in [4.78, 5) is 19.9. The van der Waals surface area contributed by atoms with Crippen molar-refractivity contribution >= 4 is 17.3 Å². The lowest BCUT2D eigenvalue weighted by Crippen LogP contribution is -2.57. The number of benzene rings is 2.